The van der Waals surface area contributed by atoms with Crippen LogP contribution in [0.2, 0.25) is 0 Å². The van der Waals surface area contributed by atoms with Crippen molar-refractivity contribution in [3.8, 4) is 5.88 Å². The molecule has 2 heterocycles. The molecule has 0 aliphatic rings. The lowest BCUT2D eigenvalue weighted by atomic mass is 10.2. The van der Waals surface area contributed by atoms with E-state index in [1.807, 2.05) is 13.8 Å². The van der Waals surface area contributed by atoms with E-state index >= 15 is 0 Å². The predicted octanol–water partition coefficient (Wildman–Crippen LogP) is 2.39. The maximum atomic E-state index is 11.5. The molecule has 0 spiro atoms. The van der Waals surface area contributed by atoms with Gasteiger partial charge in [0.2, 0.25) is 0 Å². The molecule has 7 heteroatoms. The summed E-state index contributed by atoms with van der Waals surface area (Å²) in [5.74, 6) is 1.16. The molecule has 98 valence electrons. The van der Waals surface area contributed by atoms with Crippen LogP contribution in [-0.4, -0.2) is 24.9 Å². The molecule has 18 heavy (non-hydrogen) atoms. The molecule has 0 fully saturated rings. The van der Waals surface area contributed by atoms with Crippen LogP contribution < -0.4 is 4.74 Å². The van der Waals surface area contributed by atoms with Gasteiger partial charge >= 0.3 is 0 Å². The van der Waals surface area contributed by atoms with Gasteiger partial charge in [0, 0.05) is 16.6 Å². The minimum Gasteiger partial charge on any atom is -0.482 e. The van der Waals surface area contributed by atoms with Crippen molar-refractivity contribution in [1.82, 2.24) is 9.38 Å². The zero-order valence-corrected chi connectivity index (χ0v) is 11.8. The summed E-state index contributed by atoms with van der Waals surface area (Å²) in [5, 5.41) is -0.133. The second kappa shape index (κ2) is 4.44. The Morgan fingerprint density at radius 1 is 1.39 bits per heavy atom. The predicted molar refractivity (Wildman–Crippen MR) is 68.9 cm³/mol. The highest BCUT2D eigenvalue weighted by atomic mass is 35.7. The number of hydrogen-bond donors (Lipinski definition) is 0. The van der Waals surface area contributed by atoms with Crippen molar-refractivity contribution in [3.63, 3.8) is 0 Å². The third kappa shape index (κ3) is 2.06. The molecule has 0 aromatic carbocycles. The molecule has 0 saturated carbocycles. The number of ether oxygens (including phenoxy) is 1. The van der Waals surface area contributed by atoms with Gasteiger partial charge in [0.25, 0.3) is 9.05 Å². The van der Waals surface area contributed by atoms with E-state index in [1.165, 1.54) is 7.11 Å². The number of pyridine rings is 1. The summed E-state index contributed by atoms with van der Waals surface area (Å²) < 4.78 is 30.0. The number of hydrogen-bond acceptors (Lipinski definition) is 4. The summed E-state index contributed by atoms with van der Waals surface area (Å²) in [6, 6.07) is 5.09. The molecule has 0 atom stereocenters. The summed E-state index contributed by atoms with van der Waals surface area (Å²) in [7, 11) is 3.05. The Bertz CT molecular complexity index is 692. The third-order valence-corrected chi connectivity index (χ3v) is 3.78. The van der Waals surface area contributed by atoms with Gasteiger partial charge in [0.1, 0.15) is 5.82 Å². The molecule has 0 aliphatic heterocycles. The lowest BCUT2D eigenvalue weighted by Crippen LogP contribution is -2.00. The molecule has 5 nitrogen and oxygen atoms in total. The first-order chi connectivity index (χ1) is 8.36. The fourth-order valence-corrected chi connectivity index (χ4v) is 2.78. The monoisotopic (exact) mass is 288 g/mol. The van der Waals surface area contributed by atoms with Crippen molar-refractivity contribution in [2.75, 3.05) is 7.11 Å². The zero-order valence-electron chi connectivity index (χ0n) is 10.2. The van der Waals surface area contributed by atoms with Crippen molar-refractivity contribution < 1.29 is 13.2 Å². The number of methoxy groups -OCH3 is 1. The maximum Gasteiger partial charge on any atom is 0.280 e. The first-order valence-electron chi connectivity index (χ1n) is 5.36. The number of imidazole rings is 1. The summed E-state index contributed by atoms with van der Waals surface area (Å²) in [5.41, 5.74) is 0.424. The standard InChI is InChI=1S/C11H13ClN2O3S/c1-7(2)10-13-11(18(12,15)16)8-5-4-6-9(17-3)14(8)10/h4-7H,1-3H3. The van der Waals surface area contributed by atoms with Crippen LogP contribution in [0.4, 0.5) is 0 Å². The lowest BCUT2D eigenvalue weighted by Gasteiger charge is -2.08. The van der Waals surface area contributed by atoms with Gasteiger partial charge in [-0.15, -0.1) is 0 Å². The normalized spacial score (nSPS) is 12.3. The van der Waals surface area contributed by atoms with E-state index in [4.69, 9.17) is 15.4 Å². The maximum absolute atomic E-state index is 11.5. The van der Waals surface area contributed by atoms with E-state index in [1.54, 1.807) is 22.6 Å². The Balaban J connectivity index is 2.94. The highest BCUT2D eigenvalue weighted by Gasteiger charge is 2.23. The van der Waals surface area contributed by atoms with Crippen LogP contribution in [0.1, 0.15) is 25.6 Å². The van der Waals surface area contributed by atoms with Crippen molar-refractivity contribution >= 4 is 25.2 Å². The Hall–Kier alpha value is -1.27. The molecule has 0 aliphatic carbocycles. The number of aromatic nitrogens is 2. The van der Waals surface area contributed by atoms with Gasteiger partial charge in [0.15, 0.2) is 10.9 Å². The van der Waals surface area contributed by atoms with Gasteiger partial charge in [-0.3, -0.25) is 4.40 Å². The van der Waals surface area contributed by atoms with E-state index in [0.29, 0.717) is 17.2 Å². The molecule has 0 radical (unpaired) electrons. The average molecular weight is 289 g/mol. The molecule has 2 rings (SSSR count). The highest BCUT2D eigenvalue weighted by molar-refractivity contribution is 8.13. The van der Waals surface area contributed by atoms with Crippen molar-refractivity contribution in [1.29, 1.82) is 0 Å². The van der Waals surface area contributed by atoms with Gasteiger partial charge in [-0.25, -0.2) is 13.4 Å². The van der Waals surface area contributed by atoms with Crippen molar-refractivity contribution in [3.05, 3.63) is 24.0 Å². The van der Waals surface area contributed by atoms with Crippen molar-refractivity contribution in [2.45, 2.75) is 24.8 Å². The summed E-state index contributed by atoms with van der Waals surface area (Å²) in [6.07, 6.45) is 0. The third-order valence-electron chi connectivity index (χ3n) is 2.57. The minimum absolute atomic E-state index is 0.0426. The fourth-order valence-electron chi connectivity index (χ4n) is 1.83. The van der Waals surface area contributed by atoms with E-state index in [0.717, 1.165) is 0 Å². The number of halogens is 1. The van der Waals surface area contributed by atoms with E-state index in [2.05, 4.69) is 4.98 Å². The van der Waals surface area contributed by atoms with Crippen LogP contribution in [0.15, 0.2) is 23.2 Å². The minimum atomic E-state index is -3.88. The number of nitrogens with zero attached hydrogens (tertiary/aromatic N) is 2. The van der Waals surface area contributed by atoms with Crippen molar-refractivity contribution in [2.24, 2.45) is 0 Å². The van der Waals surface area contributed by atoms with Gasteiger partial charge < -0.3 is 4.74 Å². The average Bonchev–Trinajstić information content (AvgIpc) is 2.67. The Morgan fingerprint density at radius 2 is 2.06 bits per heavy atom. The summed E-state index contributed by atoms with van der Waals surface area (Å²) in [4.78, 5) is 4.13. The lowest BCUT2D eigenvalue weighted by molar-refractivity contribution is 0.389. The van der Waals surface area contributed by atoms with E-state index in [9.17, 15) is 8.42 Å². The van der Waals surface area contributed by atoms with E-state index in [-0.39, 0.29) is 10.9 Å². The summed E-state index contributed by atoms with van der Waals surface area (Å²) in [6.45, 7) is 3.84. The largest absolute Gasteiger partial charge is 0.482 e. The first kappa shape index (κ1) is 13.2. The van der Waals surface area contributed by atoms with Gasteiger partial charge in [-0.05, 0) is 12.1 Å². The molecular weight excluding hydrogens is 276 g/mol. The molecular formula is C11H13ClN2O3S. The molecule has 0 bridgehead atoms. The first-order valence-corrected chi connectivity index (χ1v) is 7.67. The van der Waals surface area contributed by atoms with Crippen LogP contribution in [0, 0.1) is 0 Å². The quantitative estimate of drug-likeness (QED) is 0.814. The molecule has 0 unspecified atom stereocenters. The van der Waals surface area contributed by atoms with Gasteiger partial charge in [-0.1, -0.05) is 19.9 Å². The molecule has 2 aromatic rings. The van der Waals surface area contributed by atoms with Crippen LogP contribution in [0.3, 0.4) is 0 Å². The smallest absolute Gasteiger partial charge is 0.280 e. The zero-order chi connectivity index (χ0) is 13.5. The Labute approximate surface area is 110 Å². The Morgan fingerprint density at radius 3 is 2.56 bits per heavy atom. The topological polar surface area (TPSA) is 60.7 Å². The molecule has 0 saturated heterocycles. The van der Waals surface area contributed by atoms with Crippen LogP contribution in [0.5, 0.6) is 5.88 Å². The SMILES string of the molecule is COc1cccc2c(S(=O)(=O)Cl)nc(C(C)C)n12. The highest BCUT2D eigenvalue weighted by Crippen LogP contribution is 2.29. The molecule has 0 N–H and O–H groups in total. The number of fused-ring (bicyclic) bond motifs is 1. The number of rotatable bonds is 3. The van der Waals surface area contributed by atoms with Gasteiger partial charge in [0.05, 0.1) is 12.6 Å². The second-order valence-electron chi connectivity index (χ2n) is 4.16. The molecule has 0 amide bonds. The van der Waals surface area contributed by atoms with Crippen LogP contribution in [-0.2, 0) is 9.05 Å². The van der Waals surface area contributed by atoms with E-state index < -0.39 is 9.05 Å². The second-order valence-corrected chi connectivity index (χ2v) is 6.64. The van der Waals surface area contributed by atoms with Crippen LogP contribution in [0.25, 0.3) is 5.52 Å². The molecule has 2 aromatic heterocycles. The Kier molecular flexibility index (Phi) is 3.25. The van der Waals surface area contributed by atoms with Crippen LogP contribution >= 0.6 is 10.7 Å². The van der Waals surface area contributed by atoms with Gasteiger partial charge in [-0.2, -0.15) is 0 Å². The fraction of sp³-hybridized carbons (Fsp3) is 0.364. The summed E-state index contributed by atoms with van der Waals surface area (Å²) >= 11 is 0.